The van der Waals surface area contributed by atoms with E-state index in [0.29, 0.717) is 17.6 Å². The molecule has 0 aromatic carbocycles. The van der Waals surface area contributed by atoms with Crippen LogP contribution in [0.4, 0.5) is 5.69 Å². The fraction of sp³-hybridized carbons (Fsp3) is 0.667. The summed E-state index contributed by atoms with van der Waals surface area (Å²) in [6.45, 7) is 5.02. The summed E-state index contributed by atoms with van der Waals surface area (Å²) in [6, 6.07) is 2.75. The summed E-state index contributed by atoms with van der Waals surface area (Å²) in [5.41, 5.74) is 2.78. The average Bonchev–Trinajstić information content (AvgIpc) is 2.25. The van der Waals surface area contributed by atoms with Crippen LogP contribution in [0.2, 0.25) is 0 Å². The molecule has 2 atom stereocenters. The zero-order valence-corrected chi connectivity index (χ0v) is 11.3. The highest BCUT2D eigenvalue weighted by Gasteiger charge is 2.58. The van der Waals surface area contributed by atoms with Crippen molar-refractivity contribution in [2.24, 2.45) is 5.41 Å². The van der Waals surface area contributed by atoms with E-state index in [4.69, 9.17) is 4.74 Å². The topological polar surface area (TPSA) is 34.1 Å². The third kappa shape index (κ3) is 1.81. The van der Waals surface area contributed by atoms with E-state index in [2.05, 4.69) is 30.2 Å². The minimum absolute atomic E-state index is 0.416. The Bertz CT molecular complexity index is 428. The molecule has 2 fully saturated rings. The van der Waals surface area contributed by atoms with Crippen LogP contribution in [-0.2, 0) is 4.74 Å². The molecule has 1 N–H and O–H groups in total. The summed E-state index contributed by atoms with van der Waals surface area (Å²) in [4.78, 5) is 4.25. The second-order valence-corrected chi connectivity index (χ2v) is 5.71. The van der Waals surface area contributed by atoms with Gasteiger partial charge in [-0.05, 0) is 44.7 Å². The van der Waals surface area contributed by atoms with Crippen LogP contribution in [0.25, 0.3) is 0 Å². The molecular formula is C15H22N2O. The zero-order chi connectivity index (χ0) is 12.6. The summed E-state index contributed by atoms with van der Waals surface area (Å²) >= 11 is 0. The van der Waals surface area contributed by atoms with Gasteiger partial charge in [0.15, 0.2) is 0 Å². The van der Waals surface area contributed by atoms with Crippen molar-refractivity contribution < 1.29 is 4.74 Å². The summed E-state index contributed by atoms with van der Waals surface area (Å²) in [5, 5.41) is 3.66. The van der Waals surface area contributed by atoms with E-state index < -0.39 is 0 Å². The number of rotatable bonds is 4. The minimum atomic E-state index is 0.416. The largest absolute Gasteiger partial charge is 0.380 e. The maximum absolute atomic E-state index is 5.87. The molecule has 1 spiro atoms. The van der Waals surface area contributed by atoms with Gasteiger partial charge in [0.25, 0.3) is 0 Å². The molecule has 2 unspecified atom stereocenters. The summed E-state index contributed by atoms with van der Waals surface area (Å²) < 4.78 is 5.87. The van der Waals surface area contributed by atoms with Crippen LogP contribution in [-0.4, -0.2) is 23.7 Å². The van der Waals surface area contributed by atoms with Gasteiger partial charge in [0.1, 0.15) is 0 Å². The zero-order valence-electron chi connectivity index (χ0n) is 11.3. The Labute approximate surface area is 109 Å². The highest BCUT2D eigenvalue weighted by Crippen LogP contribution is 2.58. The Hall–Kier alpha value is -1.09. The summed E-state index contributed by atoms with van der Waals surface area (Å²) in [7, 11) is 0. The maximum Gasteiger partial charge on any atom is 0.0670 e. The lowest BCUT2D eigenvalue weighted by Crippen LogP contribution is -2.64. The van der Waals surface area contributed by atoms with Gasteiger partial charge in [-0.15, -0.1) is 0 Å². The van der Waals surface area contributed by atoms with E-state index in [1.807, 2.05) is 12.4 Å². The van der Waals surface area contributed by atoms with E-state index in [-0.39, 0.29) is 0 Å². The number of nitrogens with one attached hydrogen (secondary N) is 1. The Morgan fingerprint density at radius 3 is 2.89 bits per heavy atom. The average molecular weight is 246 g/mol. The summed E-state index contributed by atoms with van der Waals surface area (Å²) in [5.74, 6) is 0. The predicted octanol–water partition coefficient (Wildman–Crippen LogP) is 3.15. The lowest BCUT2D eigenvalue weighted by atomic mass is 9.51. The Kier molecular flexibility index (Phi) is 3.02. The molecule has 1 heterocycles. The number of hydrogen-bond donors (Lipinski definition) is 1. The van der Waals surface area contributed by atoms with Crippen LogP contribution in [0, 0.1) is 12.3 Å². The molecular weight excluding hydrogens is 224 g/mol. The molecule has 0 bridgehead atoms. The highest BCUT2D eigenvalue weighted by molar-refractivity contribution is 5.45. The molecule has 2 aliphatic rings. The van der Waals surface area contributed by atoms with Gasteiger partial charge in [-0.2, -0.15) is 0 Å². The van der Waals surface area contributed by atoms with Crippen molar-refractivity contribution in [2.45, 2.75) is 51.7 Å². The summed E-state index contributed by atoms with van der Waals surface area (Å²) in [6.07, 6.45) is 9.42. The molecule has 2 saturated carbocycles. The van der Waals surface area contributed by atoms with Crippen LogP contribution in [0.5, 0.6) is 0 Å². The molecule has 3 heteroatoms. The van der Waals surface area contributed by atoms with Crippen LogP contribution in [0.3, 0.4) is 0 Å². The van der Waals surface area contributed by atoms with Crippen LogP contribution in [0.15, 0.2) is 18.5 Å². The molecule has 0 amide bonds. The molecule has 2 aliphatic carbocycles. The van der Waals surface area contributed by atoms with Gasteiger partial charge in [-0.1, -0.05) is 6.42 Å². The molecule has 1 aromatic rings. The van der Waals surface area contributed by atoms with Gasteiger partial charge >= 0.3 is 0 Å². The van der Waals surface area contributed by atoms with E-state index in [1.165, 1.54) is 24.8 Å². The molecule has 98 valence electrons. The van der Waals surface area contributed by atoms with Gasteiger partial charge in [0.05, 0.1) is 11.8 Å². The van der Waals surface area contributed by atoms with Crippen molar-refractivity contribution in [3.8, 4) is 0 Å². The second-order valence-electron chi connectivity index (χ2n) is 5.71. The third-order valence-electron chi connectivity index (χ3n) is 4.65. The first kappa shape index (κ1) is 12.0. The van der Waals surface area contributed by atoms with Crippen molar-refractivity contribution in [1.29, 1.82) is 0 Å². The van der Waals surface area contributed by atoms with Crippen molar-refractivity contribution in [2.75, 3.05) is 11.9 Å². The second kappa shape index (κ2) is 4.54. The predicted molar refractivity (Wildman–Crippen MR) is 72.7 cm³/mol. The van der Waals surface area contributed by atoms with E-state index in [0.717, 1.165) is 18.7 Å². The number of anilines is 1. The van der Waals surface area contributed by atoms with Gasteiger partial charge in [-0.25, -0.2) is 0 Å². The first-order valence-electron chi connectivity index (χ1n) is 7.04. The lowest BCUT2D eigenvalue weighted by Gasteiger charge is -2.61. The first-order chi connectivity index (χ1) is 8.74. The molecule has 0 aliphatic heterocycles. The van der Waals surface area contributed by atoms with Gasteiger partial charge in [0.2, 0.25) is 0 Å². The quantitative estimate of drug-likeness (QED) is 0.886. The van der Waals surface area contributed by atoms with Crippen molar-refractivity contribution in [3.05, 3.63) is 24.0 Å². The monoisotopic (exact) mass is 246 g/mol. The number of aryl methyl sites for hydroxylation is 1. The fourth-order valence-corrected chi connectivity index (χ4v) is 3.48. The van der Waals surface area contributed by atoms with Crippen LogP contribution in [0.1, 0.15) is 38.2 Å². The van der Waals surface area contributed by atoms with Crippen molar-refractivity contribution in [3.63, 3.8) is 0 Å². The van der Waals surface area contributed by atoms with Crippen molar-refractivity contribution in [1.82, 2.24) is 4.98 Å². The molecule has 0 radical (unpaired) electrons. The lowest BCUT2D eigenvalue weighted by molar-refractivity contribution is -0.157. The molecule has 3 rings (SSSR count). The van der Waals surface area contributed by atoms with E-state index >= 15 is 0 Å². The molecule has 18 heavy (non-hydrogen) atoms. The van der Waals surface area contributed by atoms with E-state index in [9.17, 15) is 0 Å². The maximum atomic E-state index is 5.87. The van der Waals surface area contributed by atoms with Crippen molar-refractivity contribution >= 4 is 5.69 Å². The normalized spacial score (nSPS) is 28.6. The fourth-order valence-electron chi connectivity index (χ4n) is 3.48. The standard InChI is InChI=1S/C15H22N2O/c1-3-18-14-8-13(15(14)5-4-6-15)17-12-7-11(2)9-16-10-12/h7,9-10,13-14,17H,3-6,8H2,1-2H3. The van der Waals surface area contributed by atoms with Crippen LogP contribution < -0.4 is 5.32 Å². The molecule has 1 aromatic heterocycles. The van der Waals surface area contributed by atoms with Gasteiger partial charge in [-0.3, -0.25) is 4.98 Å². The number of hydrogen-bond acceptors (Lipinski definition) is 3. The Morgan fingerprint density at radius 2 is 2.28 bits per heavy atom. The smallest absolute Gasteiger partial charge is 0.0670 e. The van der Waals surface area contributed by atoms with E-state index in [1.54, 1.807) is 0 Å². The minimum Gasteiger partial charge on any atom is -0.380 e. The van der Waals surface area contributed by atoms with Gasteiger partial charge in [0, 0.05) is 30.5 Å². The molecule has 0 saturated heterocycles. The van der Waals surface area contributed by atoms with Gasteiger partial charge < -0.3 is 10.1 Å². The number of aromatic nitrogens is 1. The molecule has 3 nitrogen and oxygen atoms in total. The first-order valence-corrected chi connectivity index (χ1v) is 7.04. The third-order valence-corrected chi connectivity index (χ3v) is 4.65. The van der Waals surface area contributed by atoms with Crippen LogP contribution >= 0.6 is 0 Å². The Morgan fingerprint density at radius 1 is 1.44 bits per heavy atom. The number of pyridine rings is 1. The highest BCUT2D eigenvalue weighted by atomic mass is 16.5. The number of ether oxygens (including phenoxy) is 1. The Balaban J connectivity index is 1.68. The number of nitrogens with zero attached hydrogens (tertiary/aromatic N) is 1. The SMILES string of the molecule is CCOC1CC(Nc2cncc(C)c2)C12CCC2.